The number of terminal acetylenes is 1. The molecule has 0 amide bonds. The lowest BCUT2D eigenvalue weighted by Crippen LogP contribution is -2.27. The molecule has 0 aromatic carbocycles. The van der Waals surface area contributed by atoms with Gasteiger partial charge in [0, 0.05) is 6.42 Å². The highest BCUT2D eigenvalue weighted by Gasteiger charge is 2.30. The number of rotatable bonds is 6. The van der Waals surface area contributed by atoms with Gasteiger partial charge >= 0.3 is 5.97 Å². The molecule has 0 aliphatic heterocycles. The molecule has 0 rings (SSSR count). The van der Waals surface area contributed by atoms with Crippen LogP contribution >= 0.6 is 0 Å². The Morgan fingerprint density at radius 2 is 2.36 bits per heavy atom. The minimum Gasteiger partial charge on any atom is -0.465 e. The third kappa shape index (κ3) is 3.66. The second-order valence-electron chi connectivity index (χ2n) is 3.40. The van der Waals surface area contributed by atoms with Crippen LogP contribution in [0.4, 0.5) is 0 Å². The molecule has 1 atom stereocenters. The predicted octanol–water partition coefficient (Wildman–Crippen LogP) is 2.55. The highest BCUT2D eigenvalue weighted by molar-refractivity contribution is 5.78. The maximum absolute atomic E-state index is 11.5. The number of unbranched alkanes of at least 4 members (excludes halogenated alkanes) is 1. The molecule has 0 heterocycles. The fraction of sp³-hybridized carbons (Fsp3) is 0.583. The van der Waals surface area contributed by atoms with Gasteiger partial charge in [-0.25, -0.2) is 0 Å². The van der Waals surface area contributed by atoms with Crippen LogP contribution in [0.25, 0.3) is 0 Å². The minimum absolute atomic E-state index is 0.216. The molecule has 0 aliphatic carbocycles. The third-order valence-corrected chi connectivity index (χ3v) is 2.21. The van der Waals surface area contributed by atoms with Gasteiger partial charge in [-0.15, -0.1) is 18.9 Å². The normalized spacial score (nSPS) is 13.8. The van der Waals surface area contributed by atoms with Crippen molar-refractivity contribution in [3.63, 3.8) is 0 Å². The van der Waals surface area contributed by atoms with Gasteiger partial charge in [0.15, 0.2) is 0 Å². The van der Waals surface area contributed by atoms with E-state index in [9.17, 15) is 4.79 Å². The molecule has 2 heteroatoms. The van der Waals surface area contributed by atoms with Gasteiger partial charge in [-0.3, -0.25) is 4.79 Å². The molecular formula is C12H18O2. The van der Waals surface area contributed by atoms with Crippen LogP contribution in [0.5, 0.6) is 0 Å². The van der Waals surface area contributed by atoms with Crippen LogP contribution in [0.3, 0.4) is 0 Å². The number of carbonyl (C=O) groups excluding carboxylic acids is 1. The summed E-state index contributed by atoms with van der Waals surface area (Å²) >= 11 is 0. The zero-order chi connectivity index (χ0) is 11.0. The van der Waals surface area contributed by atoms with Crippen molar-refractivity contribution in [1.82, 2.24) is 0 Å². The molecule has 0 N–H and O–H groups in total. The highest BCUT2D eigenvalue weighted by Crippen LogP contribution is 2.26. The first-order valence-electron chi connectivity index (χ1n) is 4.85. The van der Waals surface area contributed by atoms with E-state index < -0.39 is 5.41 Å². The summed E-state index contributed by atoms with van der Waals surface area (Å²) in [6, 6.07) is 0. The molecule has 0 bridgehead atoms. The highest BCUT2D eigenvalue weighted by atomic mass is 16.5. The number of carbonyl (C=O) groups is 1. The van der Waals surface area contributed by atoms with Crippen LogP contribution in [0, 0.1) is 17.8 Å². The summed E-state index contributed by atoms with van der Waals surface area (Å²) in [5, 5.41) is 0. The minimum atomic E-state index is -0.590. The predicted molar refractivity (Wildman–Crippen MR) is 57.6 cm³/mol. The molecule has 0 saturated carbocycles. The van der Waals surface area contributed by atoms with E-state index in [1.54, 1.807) is 13.0 Å². The first-order chi connectivity index (χ1) is 6.60. The molecule has 0 aliphatic rings. The van der Waals surface area contributed by atoms with E-state index in [-0.39, 0.29) is 5.97 Å². The lowest BCUT2D eigenvalue weighted by Gasteiger charge is -2.22. The van der Waals surface area contributed by atoms with Crippen molar-refractivity contribution in [3.05, 3.63) is 12.7 Å². The Morgan fingerprint density at radius 3 is 2.79 bits per heavy atom. The van der Waals surface area contributed by atoms with Crippen LogP contribution < -0.4 is 0 Å². The molecule has 1 unspecified atom stereocenters. The SMILES string of the molecule is C#CCCCC(C)(C=C)C(=O)OCC. The van der Waals surface area contributed by atoms with Crippen molar-refractivity contribution in [1.29, 1.82) is 0 Å². The first kappa shape index (κ1) is 12.8. The monoisotopic (exact) mass is 194 g/mol. The Hall–Kier alpha value is -1.23. The Kier molecular flexibility index (Phi) is 5.71. The Morgan fingerprint density at radius 1 is 1.71 bits per heavy atom. The summed E-state index contributed by atoms with van der Waals surface area (Å²) in [4.78, 5) is 11.5. The molecule has 0 radical (unpaired) electrons. The summed E-state index contributed by atoms with van der Waals surface area (Å²) in [6.45, 7) is 7.68. The van der Waals surface area contributed by atoms with Gasteiger partial charge in [0.1, 0.15) is 0 Å². The van der Waals surface area contributed by atoms with Crippen molar-refractivity contribution in [2.75, 3.05) is 6.61 Å². The maximum Gasteiger partial charge on any atom is 0.315 e. The van der Waals surface area contributed by atoms with Gasteiger partial charge < -0.3 is 4.74 Å². The van der Waals surface area contributed by atoms with Crippen LogP contribution in [0.2, 0.25) is 0 Å². The largest absolute Gasteiger partial charge is 0.465 e. The summed E-state index contributed by atoms with van der Waals surface area (Å²) in [5.74, 6) is 2.33. The average Bonchev–Trinajstić information content (AvgIpc) is 2.18. The number of hydrogen-bond acceptors (Lipinski definition) is 2. The number of esters is 1. The number of hydrogen-bond donors (Lipinski definition) is 0. The van der Waals surface area contributed by atoms with Crippen molar-refractivity contribution < 1.29 is 9.53 Å². The molecule has 0 spiro atoms. The van der Waals surface area contributed by atoms with Crippen molar-refractivity contribution in [2.24, 2.45) is 5.41 Å². The molecular weight excluding hydrogens is 176 g/mol. The van der Waals surface area contributed by atoms with Crippen LogP contribution in [0.1, 0.15) is 33.1 Å². The van der Waals surface area contributed by atoms with Gasteiger partial charge in [0.25, 0.3) is 0 Å². The second-order valence-corrected chi connectivity index (χ2v) is 3.40. The fourth-order valence-electron chi connectivity index (χ4n) is 1.14. The molecule has 0 aromatic rings. The maximum atomic E-state index is 11.5. The summed E-state index contributed by atoms with van der Waals surface area (Å²) in [7, 11) is 0. The zero-order valence-corrected chi connectivity index (χ0v) is 9.01. The lowest BCUT2D eigenvalue weighted by atomic mass is 9.85. The second kappa shape index (κ2) is 6.26. The lowest BCUT2D eigenvalue weighted by molar-refractivity contribution is -0.151. The first-order valence-corrected chi connectivity index (χ1v) is 4.85. The van der Waals surface area contributed by atoms with Crippen LogP contribution in [-0.4, -0.2) is 12.6 Å². The van der Waals surface area contributed by atoms with E-state index in [1.165, 1.54) is 0 Å². The van der Waals surface area contributed by atoms with E-state index in [1.807, 2.05) is 6.92 Å². The standard InChI is InChI=1S/C12H18O2/c1-5-8-9-10-12(4,6-2)11(13)14-7-3/h1,6H,2,7-10H2,3-4H3. The Labute approximate surface area is 86.3 Å². The van der Waals surface area contributed by atoms with Crippen LogP contribution in [-0.2, 0) is 9.53 Å². The van der Waals surface area contributed by atoms with Gasteiger partial charge in [0.2, 0.25) is 0 Å². The fourth-order valence-corrected chi connectivity index (χ4v) is 1.14. The van der Waals surface area contributed by atoms with Crippen molar-refractivity contribution >= 4 is 5.97 Å². The molecule has 0 aromatic heterocycles. The molecule has 0 fully saturated rings. The van der Waals surface area contributed by atoms with Crippen molar-refractivity contribution in [3.8, 4) is 12.3 Å². The molecule has 14 heavy (non-hydrogen) atoms. The van der Waals surface area contributed by atoms with E-state index in [0.29, 0.717) is 19.4 Å². The average molecular weight is 194 g/mol. The Balaban J connectivity index is 4.24. The third-order valence-electron chi connectivity index (χ3n) is 2.21. The van der Waals surface area contributed by atoms with E-state index in [0.717, 1.165) is 6.42 Å². The van der Waals surface area contributed by atoms with Gasteiger partial charge in [0.05, 0.1) is 12.0 Å². The topological polar surface area (TPSA) is 26.3 Å². The van der Waals surface area contributed by atoms with E-state index in [2.05, 4.69) is 12.5 Å². The van der Waals surface area contributed by atoms with E-state index >= 15 is 0 Å². The van der Waals surface area contributed by atoms with Gasteiger partial charge in [-0.1, -0.05) is 6.08 Å². The smallest absolute Gasteiger partial charge is 0.315 e. The molecule has 0 saturated heterocycles. The molecule has 2 nitrogen and oxygen atoms in total. The van der Waals surface area contributed by atoms with Gasteiger partial charge in [-0.2, -0.15) is 0 Å². The van der Waals surface area contributed by atoms with Crippen LogP contribution in [0.15, 0.2) is 12.7 Å². The molecule has 78 valence electrons. The quantitative estimate of drug-likeness (QED) is 0.281. The van der Waals surface area contributed by atoms with Crippen molar-refractivity contribution in [2.45, 2.75) is 33.1 Å². The number of ether oxygens (including phenoxy) is 1. The zero-order valence-electron chi connectivity index (χ0n) is 9.01. The summed E-state index contributed by atoms with van der Waals surface area (Å²) in [6.07, 6.45) is 8.98. The summed E-state index contributed by atoms with van der Waals surface area (Å²) < 4.78 is 4.97. The summed E-state index contributed by atoms with van der Waals surface area (Å²) in [5.41, 5.74) is -0.590. The van der Waals surface area contributed by atoms with Gasteiger partial charge in [-0.05, 0) is 26.7 Å². The van der Waals surface area contributed by atoms with E-state index in [4.69, 9.17) is 11.2 Å². The Bertz CT molecular complexity index is 237.